The minimum absolute atomic E-state index is 0. The van der Waals surface area contributed by atoms with Gasteiger partial charge in [0.05, 0.1) is 6.54 Å². The molecule has 1 saturated carbocycles. The minimum Gasteiger partial charge on any atom is -0.484 e. The molecule has 0 unspecified atom stereocenters. The second-order valence-corrected chi connectivity index (χ2v) is 6.08. The lowest BCUT2D eigenvalue weighted by atomic mass is 9.96. The summed E-state index contributed by atoms with van der Waals surface area (Å²) in [6.45, 7) is 3.34. The zero-order valence-electron chi connectivity index (χ0n) is 14.8. The number of halogens is 1. The predicted octanol–water partition coefficient (Wildman–Crippen LogP) is 2.56. The largest absolute Gasteiger partial charge is 0.484 e. The molecule has 1 aromatic carbocycles. The Labute approximate surface area is 167 Å². The van der Waals surface area contributed by atoms with E-state index < -0.39 is 5.91 Å². The standard InChI is InChI=1S/C18H28N4O2.HI/c1-2-20-18(22-15-8-4-3-5-9-15)21-12-14-7-6-10-16(11-14)24-13-17(19)23;/h6-7,10-11,15H,2-5,8-9,12-13H2,1H3,(H2,19,23)(H2,20,21,22);1H. The topological polar surface area (TPSA) is 88.7 Å². The lowest BCUT2D eigenvalue weighted by Gasteiger charge is -2.24. The van der Waals surface area contributed by atoms with Crippen molar-refractivity contribution in [1.29, 1.82) is 0 Å². The van der Waals surface area contributed by atoms with Crippen molar-refractivity contribution in [1.82, 2.24) is 10.6 Å². The molecule has 4 N–H and O–H groups in total. The lowest BCUT2D eigenvalue weighted by molar-refractivity contribution is -0.119. The molecule has 0 aromatic heterocycles. The van der Waals surface area contributed by atoms with E-state index in [1.807, 2.05) is 24.3 Å². The van der Waals surface area contributed by atoms with E-state index >= 15 is 0 Å². The molecule has 0 atom stereocenters. The average molecular weight is 460 g/mol. The molecule has 1 aliphatic carbocycles. The molecule has 1 aromatic rings. The number of ether oxygens (including phenoxy) is 1. The van der Waals surface area contributed by atoms with Crippen LogP contribution < -0.4 is 21.1 Å². The second-order valence-electron chi connectivity index (χ2n) is 6.08. The number of benzene rings is 1. The number of guanidine groups is 1. The Kier molecular flexibility index (Phi) is 10.3. The summed E-state index contributed by atoms with van der Waals surface area (Å²) >= 11 is 0. The zero-order valence-corrected chi connectivity index (χ0v) is 17.1. The molecule has 2 rings (SSSR count). The number of nitrogens with one attached hydrogen (secondary N) is 2. The zero-order chi connectivity index (χ0) is 17.2. The molecule has 0 bridgehead atoms. The summed E-state index contributed by atoms with van der Waals surface area (Å²) in [4.78, 5) is 15.5. The van der Waals surface area contributed by atoms with Gasteiger partial charge in [0.25, 0.3) is 5.91 Å². The maximum Gasteiger partial charge on any atom is 0.255 e. The number of hydrogen-bond donors (Lipinski definition) is 3. The van der Waals surface area contributed by atoms with Crippen molar-refractivity contribution < 1.29 is 9.53 Å². The Bertz CT molecular complexity index is 560. The molecule has 7 heteroatoms. The maximum atomic E-state index is 10.8. The normalized spacial score (nSPS) is 15.2. The number of hydrogen-bond acceptors (Lipinski definition) is 3. The Hall–Kier alpha value is -1.51. The third-order valence-electron chi connectivity index (χ3n) is 3.99. The molecule has 1 fully saturated rings. The predicted molar refractivity (Wildman–Crippen MR) is 111 cm³/mol. The van der Waals surface area contributed by atoms with Crippen molar-refractivity contribution in [2.45, 2.75) is 51.6 Å². The van der Waals surface area contributed by atoms with E-state index in [1.54, 1.807) is 0 Å². The lowest BCUT2D eigenvalue weighted by Crippen LogP contribution is -2.44. The van der Waals surface area contributed by atoms with Gasteiger partial charge in [-0.2, -0.15) is 0 Å². The first-order valence-electron chi connectivity index (χ1n) is 8.72. The van der Waals surface area contributed by atoms with E-state index in [0.717, 1.165) is 18.1 Å². The van der Waals surface area contributed by atoms with Crippen molar-refractivity contribution >= 4 is 35.8 Å². The number of carbonyl (C=O) groups is 1. The first-order chi connectivity index (χ1) is 11.7. The van der Waals surface area contributed by atoms with Crippen LogP contribution in [-0.4, -0.2) is 31.1 Å². The Morgan fingerprint density at radius 1 is 1.32 bits per heavy atom. The monoisotopic (exact) mass is 460 g/mol. The van der Waals surface area contributed by atoms with Crippen LogP contribution in [0.25, 0.3) is 0 Å². The second kappa shape index (κ2) is 11.9. The van der Waals surface area contributed by atoms with E-state index in [0.29, 0.717) is 18.3 Å². The quantitative estimate of drug-likeness (QED) is 0.332. The van der Waals surface area contributed by atoms with Crippen LogP contribution in [0.5, 0.6) is 5.75 Å². The Balaban J connectivity index is 0.00000312. The number of nitrogens with zero attached hydrogens (tertiary/aromatic N) is 1. The molecular formula is C18H29IN4O2. The van der Waals surface area contributed by atoms with Gasteiger partial charge in [-0.3, -0.25) is 4.79 Å². The summed E-state index contributed by atoms with van der Waals surface area (Å²) < 4.78 is 5.33. The average Bonchev–Trinajstić information content (AvgIpc) is 2.59. The SMILES string of the molecule is CCNC(=NCc1cccc(OCC(N)=O)c1)NC1CCCCC1.I. The van der Waals surface area contributed by atoms with Crippen molar-refractivity contribution in [3.63, 3.8) is 0 Å². The number of nitrogens with two attached hydrogens (primary N) is 1. The van der Waals surface area contributed by atoms with Gasteiger partial charge in [-0.05, 0) is 37.5 Å². The van der Waals surface area contributed by atoms with E-state index in [1.165, 1.54) is 32.1 Å². The van der Waals surface area contributed by atoms with Gasteiger partial charge in [0, 0.05) is 12.6 Å². The first kappa shape index (κ1) is 21.5. The van der Waals surface area contributed by atoms with Crippen LogP contribution in [0.15, 0.2) is 29.3 Å². The van der Waals surface area contributed by atoms with Crippen molar-refractivity contribution in [3.05, 3.63) is 29.8 Å². The fraction of sp³-hybridized carbons (Fsp3) is 0.556. The van der Waals surface area contributed by atoms with Gasteiger partial charge in [0.2, 0.25) is 0 Å². The van der Waals surface area contributed by atoms with E-state index in [-0.39, 0.29) is 30.6 Å². The van der Waals surface area contributed by atoms with Crippen molar-refractivity contribution in [3.8, 4) is 5.75 Å². The number of primary amides is 1. The minimum atomic E-state index is -0.482. The van der Waals surface area contributed by atoms with Crippen LogP contribution in [0.4, 0.5) is 0 Å². The number of aliphatic imine (C=N–C) groups is 1. The summed E-state index contributed by atoms with van der Waals surface area (Å²) in [5.74, 6) is 1.00. The van der Waals surface area contributed by atoms with Gasteiger partial charge in [-0.15, -0.1) is 24.0 Å². The molecule has 0 spiro atoms. The Morgan fingerprint density at radius 3 is 2.76 bits per heavy atom. The van der Waals surface area contributed by atoms with Crippen molar-refractivity contribution in [2.75, 3.05) is 13.2 Å². The molecule has 0 radical (unpaired) electrons. The van der Waals surface area contributed by atoms with E-state index in [9.17, 15) is 4.79 Å². The summed E-state index contributed by atoms with van der Waals surface area (Å²) in [6.07, 6.45) is 6.33. The molecule has 6 nitrogen and oxygen atoms in total. The molecule has 0 saturated heterocycles. The molecule has 0 aliphatic heterocycles. The molecule has 140 valence electrons. The van der Waals surface area contributed by atoms with Crippen molar-refractivity contribution in [2.24, 2.45) is 10.7 Å². The van der Waals surface area contributed by atoms with E-state index in [4.69, 9.17) is 10.5 Å². The fourth-order valence-electron chi connectivity index (χ4n) is 2.82. The number of carbonyl (C=O) groups excluding carboxylic acids is 1. The highest BCUT2D eigenvalue weighted by molar-refractivity contribution is 14.0. The van der Waals surface area contributed by atoms with Crippen LogP contribution in [0.1, 0.15) is 44.6 Å². The first-order valence-corrected chi connectivity index (χ1v) is 8.72. The van der Waals surface area contributed by atoms with Gasteiger partial charge >= 0.3 is 0 Å². The van der Waals surface area contributed by atoms with Gasteiger partial charge in [-0.1, -0.05) is 31.4 Å². The maximum absolute atomic E-state index is 10.8. The van der Waals surface area contributed by atoms with Crippen LogP contribution in [0.2, 0.25) is 0 Å². The van der Waals surface area contributed by atoms with Crippen LogP contribution in [-0.2, 0) is 11.3 Å². The highest BCUT2D eigenvalue weighted by Gasteiger charge is 2.14. The summed E-state index contributed by atoms with van der Waals surface area (Å²) in [5, 5.41) is 6.83. The molecule has 0 heterocycles. The van der Waals surface area contributed by atoms with Gasteiger partial charge in [0.15, 0.2) is 12.6 Å². The van der Waals surface area contributed by atoms with Gasteiger partial charge in [0.1, 0.15) is 5.75 Å². The third-order valence-corrected chi connectivity index (χ3v) is 3.99. The third kappa shape index (κ3) is 8.42. The molecular weight excluding hydrogens is 431 g/mol. The fourth-order valence-corrected chi connectivity index (χ4v) is 2.82. The molecule has 25 heavy (non-hydrogen) atoms. The van der Waals surface area contributed by atoms with E-state index in [2.05, 4.69) is 22.5 Å². The smallest absolute Gasteiger partial charge is 0.255 e. The summed E-state index contributed by atoms with van der Waals surface area (Å²) in [5.41, 5.74) is 6.12. The highest BCUT2D eigenvalue weighted by atomic mass is 127. The Morgan fingerprint density at radius 2 is 2.08 bits per heavy atom. The molecule has 1 amide bonds. The molecule has 1 aliphatic rings. The van der Waals surface area contributed by atoms with Crippen LogP contribution in [0, 0.1) is 0 Å². The summed E-state index contributed by atoms with van der Waals surface area (Å²) in [6, 6.07) is 8.09. The van der Waals surface area contributed by atoms with Crippen LogP contribution in [0.3, 0.4) is 0 Å². The highest BCUT2D eigenvalue weighted by Crippen LogP contribution is 2.17. The van der Waals surface area contributed by atoms with Gasteiger partial charge in [-0.25, -0.2) is 4.99 Å². The summed E-state index contributed by atoms with van der Waals surface area (Å²) in [7, 11) is 0. The van der Waals surface area contributed by atoms with Crippen LogP contribution >= 0.6 is 24.0 Å². The number of amides is 1. The number of rotatable bonds is 7. The van der Waals surface area contributed by atoms with Gasteiger partial charge < -0.3 is 21.1 Å².